The fourth-order valence-corrected chi connectivity index (χ4v) is 8.21. The highest BCUT2D eigenvalue weighted by Gasteiger charge is 2.41. The van der Waals surface area contributed by atoms with Gasteiger partial charge in [-0.25, -0.2) is 22.4 Å². The number of fused-ring (bicyclic) bond motifs is 1. The number of nitrogens with zero attached hydrogens (tertiary/aromatic N) is 2. The molecule has 1 amide bonds. The number of sulfonamides is 1. The van der Waals surface area contributed by atoms with E-state index in [1.165, 1.54) is 34.6 Å². The van der Waals surface area contributed by atoms with E-state index in [2.05, 4.69) is 5.32 Å². The molecule has 6 rings (SSSR count). The molecule has 11 heteroatoms. The van der Waals surface area contributed by atoms with E-state index in [0.717, 1.165) is 43.4 Å². The Morgan fingerprint density at radius 3 is 2.30 bits per heavy atom. The van der Waals surface area contributed by atoms with Crippen molar-refractivity contribution in [1.29, 1.82) is 0 Å². The van der Waals surface area contributed by atoms with Gasteiger partial charge in [0.05, 0.1) is 16.9 Å². The molecule has 2 N–H and O–H groups in total. The number of carbonyl (C=O) groups is 2. The van der Waals surface area contributed by atoms with Crippen LogP contribution in [0.15, 0.2) is 95.9 Å². The number of carbonyl (C=O) groups excluding carboxylic acids is 1. The van der Waals surface area contributed by atoms with Crippen LogP contribution >= 0.6 is 0 Å². The molecule has 0 unspecified atom stereocenters. The maximum Gasteiger partial charge on any atom is 0.411 e. The molecule has 4 aromatic carbocycles. The third kappa shape index (κ3) is 6.72. The molecule has 9 nitrogen and oxygen atoms in total. The molecule has 0 saturated heterocycles. The van der Waals surface area contributed by atoms with Crippen LogP contribution in [0.3, 0.4) is 0 Å². The van der Waals surface area contributed by atoms with Crippen LogP contribution in [-0.4, -0.2) is 49.5 Å². The van der Waals surface area contributed by atoms with Crippen molar-refractivity contribution in [3.63, 3.8) is 0 Å². The molecule has 0 radical (unpaired) electrons. The van der Waals surface area contributed by atoms with Crippen LogP contribution < -0.4 is 10.2 Å². The van der Waals surface area contributed by atoms with Crippen LogP contribution in [0.4, 0.5) is 26.2 Å². The first kappa shape index (κ1) is 32.2. The smallest absolute Gasteiger partial charge is 0.411 e. The van der Waals surface area contributed by atoms with E-state index in [9.17, 15) is 23.1 Å². The van der Waals surface area contributed by atoms with Crippen LogP contribution in [0.2, 0.25) is 0 Å². The first-order valence-electron chi connectivity index (χ1n) is 15.6. The number of nitrogens with one attached hydrogen (secondary N) is 1. The van der Waals surface area contributed by atoms with Crippen molar-refractivity contribution in [3.05, 3.63) is 108 Å². The number of benzene rings is 4. The monoisotopic (exact) mass is 657 g/mol. The molecule has 1 saturated carbocycles. The van der Waals surface area contributed by atoms with Crippen LogP contribution in [0.1, 0.15) is 48.0 Å². The molecule has 1 aliphatic carbocycles. The summed E-state index contributed by atoms with van der Waals surface area (Å²) in [6.07, 6.45) is 4.17. The second-order valence-electron chi connectivity index (χ2n) is 12.0. The van der Waals surface area contributed by atoms with E-state index in [0.29, 0.717) is 6.54 Å². The zero-order valence-corrected chi connectivity index (χ0v) is 26.8. The van der Waals surface area contributed by atoms with Crippen LogP contribution in [0.5, 0.6) is 0 Å². The molecular formula is C36H36FN3O6S. The topological polar surface area (TPSA) is 116 Å². The van der Waals surface area contributed by atoms with Crippen molar-refractivity contribution < 1.29 is 32.2 Å². The molecule has 2 aliphatic rings. The Balaban J connectivity index is 1.38. The highest BCUT2D eigenvalue weighted by Crippen LogP contribution is 2.43. The molecule has 0 spiro atoms. The van der Waals surface area contributed by atoms with Gasteiger partial charge < -0.3 is 14.7 Å². The fraction of sp³-hybridized carbons (Fsp3) is 0.278. The summed E-state index contributed by atoms with van der Waals surface area (Å²) in [6.45, 7) is 0.345. The lowest BCUT2D eigenvalue weighted by Gasteiger charge is -2.36. The van der Waals surface area contributed by atoms with Gasteiger partial charge in [0, 0.05) is 30.9 Å². The minimum Gasteiger partial charge on any atom is -0.478 e. The van der Waals surface area contributed by atoms with E-state index in [-0.39, 0.29) is 51.5 Å². The number of likely N-dealkylation sites (N-methyl/N-ethyl adjacent to an activating group) is 1. The number of anilines is 3. The van der Waals surface area contributed by atoms with Gasteiger partial charge in [0.1, 0.15) is 17.3 Å². The molecule has 1 atom stereocenters. The normalized spacial score (nSPS) is 18.2. The molecule has 47 heavy (non-hydrogen) atoms. The molecular weight excluding hydrogens is 621 g/mol. The van der Waals surface area contributed by atoms with Crippen molar-refractivity contribution in [2.24, 2.45) is 5.92 Å². The summed E-state index contributed by atoms with van der Waals surface area (Å²) in [5.74, 6) is -1.91. The van der Waals surface area contributed by atoms with Gasteiger partial charge in [-0.2, -0.15) is 4.31 Å². The highest BCUT2D eigenvalue weighted by molar-refractivity contribution is 7.89. The van der Waals surface area contributed by atoms with Crippen LogP contribution in [0, 0.1) is 11.7 Å². The third-order valence-electron chi connectivity index (χ3n) is 9.11. The molecule has 0 bridgehead atoms. The van der Waals surface area contributed by atoms with Gasteiger partial charge in [-0.1, -0.05) is 73.9 Å². The van der Waals surface area contributed by atoms with E-state index in [1.54, 1.807) is 31.3 Å². The Labute approximate surface area is 273 Å². The Morgan fingerprint density at radius 1 is 0.936 bits per heavy atom. The van der Waals surface area contributed by atoms with Gasteiger partial charge in [0.25, 0.3) is 0 Å². The van der Waals surface area contributed by atoms with Gasteiger partial charge in [-0.15, -0.1) is 0 Å². The van der Waals surface area contributed by atoms with Crippen LogP contribution in [0.25, 0.3) is 11.1 Å². The number of halogens is 1. The largest absolute Gasteiger partial charge is 0.478 e. The zero-order chi connectivity index (χ0) is 33.1. The number of rotatable bonds is 7. The Kier molecular flexibility index (Phi) is 9.28. The predicted octanol–water partition coefficient (Wildman–Crippen LogP) is 7.66. The van der Waals surface area contributed by atoms with Gasteiger partial charge >= 0.3 is 12.1 Å². The second kappa shape index (κ2) is 13.5. The summed E-state index contributed by atoms with van der Waals surface area (Å²) in [6, 6.07) is 24.5. The lowest BCUT2D eigenvalue weighted by molar-refractivity contribution is 0.0698. The van der Waals surface area contributed by atoms with Gasteiger partial charge in [0.2, 0.25) is 10.0 Å². The average Bonchev–Trinajstić information content (AvgIpc) is 3.16. The summed E-state index contributed by atoms with van der Waals surface area (Å²) in [5.41, 5.74) is 1.43. The number of aromatic carboxylic acids is 1. The first-order valence-corrected chi connectivity index (χ1v) is 17.1. The number of carboxylic acid groups (broad SMARTS) is 1. The molecule has 1 heterocycles. The highest BCUT2D eigenvalue weighted by atomic mass is 32.2. The van der Waals surface area contributed by atoms with Gasteiger partial charge in [-0.05, 0) is 66.3 Å². The standard InChI is InChI=1S/C36H36FN3O6S/c1-39-33(25-13-7-3-8-14-25)22-40(27-15-9-4-10-16-27)32-21-30(37)28(20-34(32)47(39,44)45)26-17-18-31(29(19-26)35(41)42)38-36(43)46-23-24-11-5-2-6-12-24/h2,4-6,9-12,15-21,25,33H,3,7-8,13-14,22-23H2,1H3,(H,38,43)(H,41,42)/t33-/m0/s1. The predicted molar refractivity (Wildman–Crippen MR) is 178 cm³/mol. The van der Waals surface area contributed by atoms with Crippen molar-refractivity contribution in [1.82, 2.24) is 4.31 Å². The summed E-state index contributed by atoms with van der Waals surface area (Å²) in [7, 11) is -2.50. The molecule has 1 aliphatic heterocycles. The molecule has 4 aromatic rings. The SMILES string of the molecule is CN1[C@H](C2CCCCC2)CN(c2ccccc2)c2cc(F)c(-c3ccc(NC(=O)OCc4ccccc4)c(C(=O)O)c3)cc2S1(=O)=O. The maximum atomic E-state index is 16.1. The molecule has 244 valence electrons. The van der Waals surface area contributed by atoms with Crippen molar-refractivity contribution in [2.45, 2.75) is 49.6 Å². The van der Waals surface area contributed by atoms with E-state index >= 15 is 4.39 Å². The molecule has 1 fully saturated rings. The van der Waals surface area contributed by atoms with Crippen molar-refractivity contribution >= 4 is 39.1 Å². The number of hydrogen-bond acceptors (Lipinski definition) is 6. The van der Waals surface area contributed by atoms with E-state index in [4.69, 9.17) is 4.74 Å². The van der Waals surface area contributed by atoms with Crippen molar-refractivity contribution in [2.75, 3.05) is 23.8 Å². The summed E-state index contributed by atoms with van der Waals surface area (Å²) in [4.78, 5) is 26.6. The quantitative estimate of drug-likeness (QED) is 0.210. The minimum atomic E-state index is -4.09. The maximum absolute atomic E-state index is 16.1. The fourth-order valence-electron chi connectivity index (χ4n) is 6.60. The first-order chi connectivity index (χ1) is 22.6. The van der Waals surface area contributed by atoms with Gasteiger partial charge in [0.15, 0.2) is 0 Å². The summed E-state index contributed by atoms with van der Waals surface area (Å²) in [5, 5.41) is 12.4. The van der Waals surface area contributed by atoms with E-state index < -0.39 is 27.9 Å². The third-order valence-corrected chi connectivity index (χ3v) is 11.0. The number of ether oxygens (including phenoxy) is 1. The van der Waals surface area contributed by atoms with Crippen molar-refractivity contribution in [3.8, 4) is 11.1 Å². The Morgan fingerprint density at radius 2 is 1.62 bits per heavy atom. The Bertz CT molecular complexity index is 1880. The van der Waals surface area contributed by atoms with Crippen LogP contribution in [-0.2, 0) is 21.4 Å². The lowest BCUT2D eigenvalue weighted by Crippen LogP contribution is -2.46. The Hall–Kier alpha value is -4.74. The summed E-state index contributed by atoms with van der Waals surface area (Å²) >= 11 is 0. The number of para-hydroxylation sites is 1. The second-order valence-corrected chi connectivity index (χ2v) is 14.0. The number of amides is 1. The summed E-state index contributed by atoms with van der Waals surface area (Å²) < 4.78 is 51.3. The average molecular weight is 658 g/mol. The number of hydrogen-bond donors (Lipinski definition) is 2. The zero-order valence-electron chi connectivity index (χ0n) is 25.9. The van der Waals surface area contributed by atoms with Gasteiger partial charge in [-0.3, -0.25) is 5.32 Å². The number of carboxylic acids is 1. The van der Waals surface area contributed by atoms with E-state index in [1.807, 2.05) is 41.3 Å². The minimum absolute atomic E-state index is 0.0159. The molecule has 0 aromatic heterocycles. The lowest BCUT2D eigenvalue weighted by atomic mass is 9.83.